The number of rotatable bonds is 9. The molecule has 1 aromatic heterocycles. The molecule has 0 saturated carbocycles. The average Bonchev–Trinajstić information content (AvgIpc) is 3.26. The highest BCUT2D eigenvalue weighted by Crippen LogP contribution is 2.34. The van der Waals surface area contributed by atoms with Gasteiger partial charge in [-0.3, -0.25) is 10.1 Å². The van der Waals surface area contributed by atoms with Gasteiger partial charge in [0.1, 0.15) is 16.8 Å². The van der Waals surface area contributed by atoms with Crippen molar-refractivity contribution in [1.82, 2.24) is 10.3 Å². The van der Waals surface area contributed by atoms with Crippen LogP contribution in [0.4, 0.5) is 5.69 Å². The number of hydrogen-bond donors (Lipinski definition) is 2. The summed E-state index contributed by atoms with van der Waals surface area (Å²) in [6.45, 7) is 5.15. The molecular formula is C26H25N3O6. The van der Waals surface area contributed by atoms with Crippen molar-refractivity contribution < 1.29 is 24.0 Å². The molecule has 180 valence electrons. The van der Waals surface area contributed by atoms with Crippen molar-refractivity contribution in [1.29, 1.82) is 0 Å². The molecule has 0 aliphatic heterocycles. The maximum Gasteiger partial charge on any atom is 0.347 e. The zero-order valence-electron chi connectivity index (χ0n) is 19.5. The molecule has 0 spiro atoms. The summed E-state index contributed by atoms with van der Waals surface area (Å²) in [6, 6.07) is 19.2. The van der Waals surface area contributed by atoms with Gasteiger partial charge in [-0.1, -0.05) is 36.4 Å². The second kappa shape index (κ2) is 9.55. The first-order valence-corrected chi connectivity index (χ1v) is 11.0. The van der Waals surface area contributed by atoms with Gasteiger partial charge in [-0.15, -0.1) is 0 Å². The van der Waals surface area contributed by atoms with E-state index in [2.05, 4.69) is 10.3 Å². The summed E-state index contributed by atoms with van der Waals surface area (Å²) in [4.78, 5) is 27.3. The summed E-state index contributed by atoms with van der Waals surface area (Å²) >= 11 is 0. The van der Waals surface area contributed by atoms with E-state index in [0.717, 1.165) is 5.56 Å². The van der Waals surface area contributed by atoms with Crippen molar-refractivity contribution in [2.24, 2.45) is 0 Å². The van der Waals surface area contributed by atoms with Crippen LogP contribution in [0.1, 0.15) is 37.9 Å². The number of hydrogen-bond acceptors (Lipinski definition) is 7. The number of aliphatic carboxylic acids is 1. The first-order valence-electron chi connectivity index (χ1n) is 11.0. The zero-order valence-corrected chi connectivity index (χ0v) is 19.5. The molecule has 9 nitrogen and oxygen atoms in total. The Morgan fingerprint density at radius 1 is 1.14 bits per heavy atom. The second-order valence-corrected chi connectivity index (χ2v) is 8.65. The van der Waals surface area contributed by atoms with Crippen LogP contribution in [0.15, 0.2) is 71.1 Å². The van der Waals surface area contributed by atoms with Crippen LogP contribution >= 0.6 is 0 Å². The van der Waals surface area contributed by atoms with Gasteiger partial charge in [0.2, 0.25) is 5.89 Å². The zero-order chi connectivity index (χ0) is 25.2. The molecule has 0 saturated heterocycles. The van der Waals surface area contributed by atoms with Crippen LogP contribution < -0.4 is 10.1 Å². The van der Waals surface area contributed by atoms with Crippen molar-refractivity contribution >= 4 is 22.8 Å². The number of ether oxygens (including phenoxy) is 1. The van der Waals surface area contributed by atoms with Crippen LogP contribution in [0.5, 0.6) is 5.75 Å². The number of benzene rings is 3. The largest absolute Gasteiger partial charge is 0.478 e. The molecular weight excluding hydrogens is 450 g/mol. The van der Waals surface area contributed by atoms with Crippen LogP contribution in [0.3, 0.4) is 0 Å². The quantitative estimate of drug-likeness (QED) is 0.240. The van der Waals surface area contributed by atoms with Crippen molar-refractivity contribution in [2.75, 3.05) is 0 Å². The van der Waals surface area contributed by atoms with E-state index < -0.39 is 16.5 Å². The molecule has 1 unspecified atom stereocenters. The SMILES string of the molecule is CC(NCc1cccc(-c2nc3ccccc3o2)c1[N+](=O)[O-])c1ccc(OC(C)(C)C(=O)O)cc1. The fourth-order valence-corrected chi connectivity index (χ4v) is 3.65. The predicted molar refractivity (Wildman–Crippen MR) is 130 cm³/mol. The molecule has 0 fully saturated rings. The molecule has 3 aromatic carbocycles. The van der Waals surface area contributed by atoms with E-state index in [1.165, 1.54) is 13.8 Å². The van der Waals surface area contributed by atoms with Crippen molar-refractivity contribution in [3.63, 3.8) is 0 Å². The van der Waals surface area contributed by atoms with Gasteiger partial charge in [0.15, 0.2) is 11.2 Å². The van der Waals surface area contributed by atoms with Crippen LogP contribution in [-0.2, 0) is 11.3 Å². The number of nitro groups is 1. The number of fused-ring (bicyclic) bond motifs is 1. The van der Waals surface area contributed by atoms with Crippen LogP contribution in [0.25, 0.3) is 22.6 Å². The second-order valence-electron chi connectivity index (χ2n) is 8.65. The lowest BCUT2D eigenvalue weighted by Crippen LogP contribution is -2.37. The molecule has 0 radical (unpaired) electrons. The Morgan fingerprint density at radius 2 is 1.86 bits per heavy atom. The Morgan fingerprint density at radius 3 is 2.51 bits per heavy atom. The van der Waals surface area contributed by atoms with Crippen molar-refractivity contribution in [2.45, 2.75) is 39.0 Å². The molecule has 2 N–H and O–H groups in total. The first-order chi connectivity index (χ1) is 16.7. The maximum absolute atomic E-state index is 12.0. The van der Waals surface area contributed by atoms with Gasteiger partial charge in [-0.05, 0) is 56.7 Å². The monoisotopic (exact) mass is 475 g/mol. The Bertz CT molecular complexity index is 1340. The smallest absolute Gasteiger partial charge is 0.347 e. The number of oxazole rings is 1. The highest BCUT2D eigenvalue weighted by molar-refractivity contribution is 5.79. The molecule has 0 aliphatic carbocycles. The first kappa shape index (κ1) is 23.9. The molecule has 9 heteroatoms. The number of nitrogens with one attached hydrogen (secondary N) is 1. The molecule has 0 bridgehead atoms. The number of carbonyl (C=O) groups is 1. The van der Waals surface area contributed by atoms with E-state index in [-0.39, 0.29) is 24.2 Å². The molecule has 4 rings (SSSR count). The average molecular weight is 476 g/mol. The number of carboxylic acids is 1. The third-order valence-corrected chi connectivity index (χ3v) is 5.69. The van der Waals surface area contributed by atoms with E-state index >= 15 is 0 Å². The molecule has 0 amide bonds. The van der Waals surface area contributed by atoms with Crippen molar-refractivity contribution in [3.8, 4) is 17.2 Å². The molecule has 35 heavy (non-hydrogen) atoms. The molecule has 1 atom stereocenters. The normalized spacial score (nSPS) is 12.4. The van der Waals surface area contributed by atoms with Gasteiger partial charge >= 0.3 is 5.97 Å². The van der Waals surface area contributed by atoms with Gasteiger partial charge < -0.3 is 19.6 Å². The van der Waals surface area contributed by atoms with Gasteiger partial charge in [0, 0.05) is 18.2 Å². The summed E-state index contributed by atoms with van der Waals surface area (Å²) in [5, 5.41) is 24.5. The van der Waals surface area contributed by atoms with Crippen LogP contribution in [0, 0.1) is 10.1 Å². The minimum absolute atomic E-state index is 0.0570. The maximum atomic E-state index is 12.0. The van der Waals surface area contributed by atoms with Crippen LogP contribution in [-0.4, -0.2) is 26.6 Å². The van der Waals surface area contributed by atoms with E-state index in [0.29, 0.717) is 28.0 Å². The van der Waals surface area contributed by atoms with Gasteiger partial charge in [0.05, 0.1) is 4.92 Å². The summed E-state index contributed by atoms with van der Waals surface area (Å²) in [5.74, 6) is -0.416. The number of para-hydroxylation sites is 3. The van der Waals surface area contributed by atoms with E-state index in [4.69, 9.17) is 9.15 Å². The van der Waals surface area contributed by atoms with Gasteiger partial charge in [-0.25, -0.2) is 9.78 Å². The minimum Gasteiger partial charge on any atom is -0.478 e. The number of nitro benzene ring substituents is 1. The Hall–Kier alpha value is -4.24. The summed E-state index contributed by atoms with van der Waals surface area (Å²) < 4.78 is 11.3. The minimum atomic E-state index is -1.34. The topological polar surface area (TPSA) is 128 Å². The lowest BCUT2D eigenvalue weighted by atomic mass is 10.0. The number of carboxylic acid groups (broad SMARTS) is 1. The highest BCUT2D eigenvalue weighted by Gasteiger charge is 2.29. The summed E-state index contributed by atoms with van der Waals surface area (Å²) in [5.41, 5.74) is 1.54. The van der Waals surface area contributed by atoms with Crippen LogP contribution in [0.2, 0.25) is 0 Å². The van der Waals surface area contributed by atoms with E-state index in [9.17, 15) is 20.0 Å². The van der Waals surface area contributed by atoms with E-state index in [1.54, 1.807) is 42.5 Å². The summed E-state index contributed by atoms with van der Waals surface area (Å²) in [7, 11) is 0. The third kappa shape index (κ3) is 5.15. The highest BCUT2D eigenvalue weighted by atomic mass is 16.6. The van der Waals surface area contributed by atoms with Gasteiger partial charge in [-0.2, -0.15) is 0 Å². The number of aromatic nitrogens is 1. The lowest BCUT2D eigenvalue weighted by molar-refractivity contribution is -0.385. The molecule has 0 aliphatic rings. The third-order valence-electron chi connectivity index (χ3n) is 5.69. The summed E-state index contributed by atoms with van der Waals surface area (Å²) in [6.07, 6.45) is 0. The van der Waals surface area contributed by atoms with Gasteiger partial charge in [0.25, 0.3) is 5.69 Å². The fourth-order valence-electron chi connectivity index (χ4n) is 3.65. The number of nitrogens with zero attached hydrogens (tertiary/aromatic N) is 2. The molecule has 1 heterocycles. The van der Waals surface area contributed by atoms with Crippen molar-refractivity contribution in [3.05, 3.63) is 88.0 Å². The Balaban J connectivity index is 1.52. The standard InChI is InChI=1S/C26H25N3O6/c1-16(17-11-13-19(14-12-17)35-26(2,3)25(30)31)27-15-18-7-6-8-20(23(18)29(32)33)24-28-21-9-4-5-10-22(21)34-24/h4-14,16,27H,15H2,1-3H3,(H,30,31). The lowest BCUT2D eigenvalue weighted by Gasteiger charge is -2.22. The Kier molecular flexibility index (Phi) is 6.52. The fraction of sp³-hybridized carbons (Fsp3) is 0.231. The molecule has 4 aromatic rings. The Labute approximate surface area is 201 Å². The van der Waals surface area contributed by atoms with E-state index in [1.807, 2.05) is 31.2 Å². The predicted octanol–water partition coefficient (Wildman–Crippen LogP) is 5.50.